The number of nitrogens with zero attached hydrogens (tertiary/aromatic N) is 3. The predicted molar refractivity (Wildman–Crippen MR) is 88.2 cm³/mol. The minimum Gasteiger partial charge on any atom is -0.355 e. The van der Waals surface area contributed by atoms with Crippen LogP contribution in [0.5, 0.6) is 0 Å². The van der Waals surface area contributed by atoms with Crippen LogP contribution >= 0.6 is 27.7 Å². The van der Waals surface area contributed by atoms with Gasteiger partial charge in [-0.15, -0.1) is 10.2 Å². The largest absolute Gasteiger partial charge is 0.355 e. The summed E-state index contributed by atoms with van der Waals surface area (Å²) in [5, 5.41) is 11.9. The number of thioether (sulfide) groups is 1. The van der Waals surface area contributed by atoms with Gasteiger partial charge in [0, 0.05) is 23.6 Å². The van der Waals surface area contributed by atoms with Crippen LogP contribution in [0.25, 0.3) is 11.4 Å². The molecule has 112 valence electrons. The van der Waals surface area contributed by atoms with Gasteiger partial charge in [0.2, 0.25) is 5.91 Å². The van der Waals surface area contributed by atoms with Crippen molar-refractivity contribution in [2.75, 3.05) is 12.3 Å². The molecule has 0 aliphatic rings. The molecule has 0 saturated carbocycles. The third kappa shape index (κ3) is 4.31. The van der Waals surface area contributed by atoms with Crippen LogP contribution in [-0.4, -0.2) is 33.0 Å². The Morgan fingerprint density at radius 3 is 2.95 bits per heavy atom. The van der Waals surface area contributed by atoms with Crippen LogP contribution in [0.4, 0.5) is 0 Å². The summed E-state index contributed by atoms with van der Waals surface area (Å²) in [6.07, 6.45) is 0.938. The molecule has 0 atom stereocenters. The van der Waals surface area contributed by atoms with Crippen LogP contribution in [0.15, 0.2) is 33.9 Å². The van der Waals surface area contributed by atoms with Gasteiger partial charge >= 0.3 is 0 Å². The van der Waals surface area contributed by atoms with Crippen molar-refractivity contribution in [1.82, 2.24) is 20.1 Å². The lowest BCUT2D eigenvalue weighted by Crippen LogP contribution is -2.25. The summed E-state index contributed by atoms with van der Waals surface area (Å²) >= 11 is 4.84. The zero-order valence-electron chi connectivity index (χ0n) is 12.0. The van der Waals surface area contributed by atoms with E-state index in [2.05, 4.69) is 31.4 Å². The first-order valence-corrected chi connectivity index (χ1v) is 8.44. The van der Waals surface area contributed by atoms with Crippen LogP contribution in [0, 0.1) is 0 Å². The molecule has 1 N–H and O–H groups in total. The first-order chi connectivity index (χ1) is 10.1. The summed E-state index contributed by atoms with van der Waals surface area (Å²) in [6, 6.07) is 7.90. The molecular formula is C14H17BrN4OS. The quantitative estimate of drug-likeness (QED) is 0.796. The Morgan fingerprint density at radius 1 is 1.43 bits per heavy atom. The van der Waals surface area contributed by atoms with E-state index < -0.39 is 0 Å². The molecule has 0 aliphatic heterocycles. The molecule has 0 unspecified atom stereocenters. The average Bonchev–Trinajstić information content (AvgIpc) is 2.84. The molecule has 7 heteroatoms. The fourth-order valence-corrected chi connectivity index (χ4v) is 2.91. The number of hydrogen-bond donors (Lipinski definition) is 1. The highest BCUT2D eigenvalue weighted by atomic mass is 79.9. The summed E-state index contributed by atoms with van der Waals surface area (Å²) < 4.78 is 2.90. The molecule has 2 aromatic rings. The van der Waals surface area contributed by atoms with E-state index in [0.29, 0.717) is 12.3 Å². The molecule has 0 saturated heterocycles. The molecular weight excluding hydrogens is 352 g/mol. The third-order valence-corrected chi connectivity index (χ3v) is 4.34. The smallest absolute Gasteiger partial charge is 0.230 e. The first kappa shape index (κ1) is 16.0. The standard InChI is InChI=1S/C14H17BrN4OS/c1-3-7-16-12(20)9-21-14-18-17-13(19(14)2)10-5-4-6-11(15)8-10/h4-6,8H,3,7,9H2,1-2H3,(H,16,20). The van der Waals surface area contributed by atoms with Gasteiger partial charge in [-0.2, -0.15) is 0 Å². The van der Waals surface area contributed by atoms with Crippen LogP contribution in [0.2, 0.25) is 0 Å². The van der Waals surface area contributed by atoms with Crippen LogP contribution in [0.1, 0.15) is 13.3 Å². The van der Waals surface area contributed by atoms with Crippen molar-refractivity contribution in [2.24, 2.45) is 7.05 Å². The molecule has 0 radical (unpaired) electrons. The van der Waals surface area contributed by atoms with Crippen molar-refractivity contribution in [3.05, 3.63) is 28.7 Å². The number of nitrogens with one attached hydrogen (secondary N) is 1. The number of carbonyl (C=O) groups excluding carboxylic acids is 1. The molecule has 1 amide bonds. The summed E-state index contributed by atoms with van der Waals surface area (Å²) in [5.74, 6) is 1.16. The van der Waals surface area contributed by atoms with Crippen molar-refractivity contribution in [2.45, 2.75) is 18.5 Å². The normalized spacial score (nSPS) is 10.6. The van der Waals surface area contributed by atoms with E-state index in [0.717, 1.165) is 27.4 Å². The maximum atomic E-state index is 11.6. The third-order valence-electron chi connectivity index (χ3n) is 2.82. The van der Waals surface area contributed by atoms with Crippen molar-refractivity contribution in [1.29, 1.82) is 0 Å². The molecule has 1 aromatic carbocycles. The maximum absolute atomic E-state index is 11.6. The highest BCUT2D eigenvalue weighted by molar-refractivity contribution is 9.10. The Balaban J connectivity index is 2.05. The molecule has 0 fully saturated rings. The van der Waals surface area contributed by atoms with Gasteiger partial charge in [-0.1, -0.05) is 46.7 Å². The van der Waals surface area contributed by atoms with Gasteiger partial charge in [-0.3, -0.25) is 4.79 Å². The molecule has 0 aliphatic carbocycles. The van der Waals surface area contributed by atoms with Gasteiger partial charge in [0.1, 0.15) is 0 Å². The van der Waals surface area contributed by atoms with E-state index in [1.807, 2.05) is 42.8 Å². The molecule has 1 heterocycles. The van der Waals surface area contributed by atoms with E-state index in [1.165, 1.54) is 11.8 Å². The lowest BCUT2D eigenvalue weighted by molar-refractivity contribution is -0.118. The predicted octanol–water partition coefficient (Wildman–Crippen LogP) is 2.86. The number of amides is 1. The number of carbonyl (C=O) groups is 1. The van der Waals surface area contributed by atoms with Crippen molar-refractivity contribution in [3.8, 4) is 11.4 Å². The van der Waals surface area contributed by atoms with Crippen molar-refractivity contribution >= 4 is 33.6 Å². The van der Waals surface area contributed by atoms with E-state index >= 15 is 0 Å². The summed E-state index contributed by atoms with van der Waals surface area (Å²) in [4.78, 5) is 11.6. The Labute approximate surface area is 136 Å². The Morgan fingerprint density at radius 2 is 2.24 bits per heavy atom. The summed E-state index contributed by atoms with van der Waals surface area (Å²) in [5.41, 5.74) is 0.988. The zero-order valence-corrected chi connectivity index (χ0v) is 14.4. The van der Waals surface area contributed by atoms with E-state index in [4.69, 9.17) is 0 Å². The highest BCUT2D eigenvalue weighted by Gasteiger charge is 2.12. The Bertz CT molecular complexity index is 629. The lowest BCUT2D eigenvalue weighted by atomic mass is 10.2. The maximum Gasteiger partial charge on any atom is 0.230 e. The fourth-order valence-electron chi connectivity index (χ4n) is 1.77. The SMILES string of the molecule is CCCNC(=O)CSc1nnc(-c2cccc(Br)c2)n1C. The number of rotatable bonds is 6. The number of hydrogen-bond acceptors (Lipinski definition) is 4. The van der Waals surface area contributed by atoms with Crippen molar-refractivity contribution in [3.63, 3.8) is 0 Å². The fraction of sp³-hybridized carbons (Fsp3) is 0.357. The molecule has 5 nitrogen and oxygen atoms in total. The topological polar surface area (TPSA) is 59.8 Å². The molecule has 2 rings (SSSR count). The minimum atomic E-state index is 0.0221. The second-order valence-corrected chi connectivity index (χ2v) is 6.37. The van der Waals surface area contributed by atoms with Crippen molar-refractivity contribution < 1.29 is 4.79 Å². The van der Waals surface area contributed by atoms with E-state index in [-0.39, 0.29) is 5.91 Å². The Kier molecular flexibility index (Phi) is 5.81. The highest BCUT2D eigenvalue weighted by Crippen LogP contribution is 2.24. The van der Waals surface area contributed by atoms with E-state index in [1.54, 1.807) is 0 Å². The van der Waals surface area contributed by atoms with Crippen LogP contribution in [0.3, 0.4) is 0 Å². The average molecular weight is 369 g/mol. The van der Waals surface area contributed by atoms with Gasteiger partial charge in [0.15, 0.2) is 11.0 Å². The zero-order chi connectivity index (χ0) is 15.2. The van der Waals surface area contributed by atoms with Gasteiger partial charge in [0.05, 0.1) is 5.75 Å². The number of halogens is 1. The molecule has 0 bridgehead atoms. The molecule has 1 aromatic heterocycles. The monoisotopic (exact) mass is 368 g/mol. The summed E-state index contributed by atoms with van der Waals surface area (Å²) in [7, 11) is 1.91. The Hall–Kier alpha value is -1.34. The van der Waals surface area contributed by atoms with Gasteiger partial charge < -0.3 is 9.88 Å². The van der Waals surface area contributed by atoms with Gasteiger partial charge in [-0.25, -0.2) is 0 Å². The van der Waals surface area contributed by atoms with Crippen LogP contribution < -0.4 is 5.32 Å². The summed E-state index contributed by atoms with van der Waals surface area (Å²) in [6.45, 7) is 2.74. The minimum absolute atomic E-state index is 0.0221. The number of benzene rings is 1. The second kappa shape index (κ2) is 7.61. The van der Waals surface area contributed by atoms with Crippen LogP contribution in [-0.2, 0) is 11.8 Å². The second-order valence-electron chi connectivity index (χ2n) is 4.51. The number of aromatic nitrogens is 3. The van der Waals surface area contributed by atoms with E-state index in [9.17, 15) is 4.79 Å². The first-order valence-electron chi connectivity index (χ1n) is 6.66. The molecule has 21 heavy (non-hydrogen) atoms. The van der Waals surface area contributed by atoms with Gasteiger partial charge in [0.25, 0.3) is 0 Å². The lowest BCUT2D eigenvalue weighted by Gasteiger charge is -2.05. The van der Waals surface area contributed by atoms with Gasteiger partial charge in [-0.05, 0) is 18.6 Å². The molecule has 0 spiro atoms.